The molecule has 1 aliphatic heterocycles. The van der Waals surface area contributed by atoms with Gasteiger partial charge in [-0.3, -0.25) is 4.79 Å². The highest BCUT2D eigenvalue weighted by Gasteiger charge is 2.43. The molecule has 0 radical (unpaired) electrons. The number of likely N-dealkylation sites (N-methyl/N-ethyl adjacent to an activating group) is 1. The number of anilines is 1. The zero-order valence-electron chi connectivity index (χ0n) is 18.8. The van der Waals surface area contributed by atoms with Crippen molar-refractivity contribution in [3.05, 3.63) is 113 Å². The molecule has 0 aromatic heterocycles. The summed E-state index contributed by atoms with van der Waals surface area (Å²) in [6.45, 7) is 5.09. The molecule has 1 heterocycles. The third-order valence-electron chi connectivity index (χ3n) is 6.09. The summed E-state index contributed by atoms with van der Waals surface area (Å²) in [6.07, 6.45) is 4.38. The van der Waals surface area contributed by atoms with E-state index in [1.165, 1.54) is 5.56 Å². The molecule has 164 valence electrons. The Morgan fingerprint density at radius 2 is 1.79 bits per heavy atom. The van der Waals surface area contributed by atoms with Gasteiger partial charge in [-0.2, -0.15) is 10.4 Å². The van der Waals surface area contributed by atoms with Crippen molar-refractivity contribution in [2.75, 3.05) is 11.4 Å². The van der Waals surface area contributed by atoms with Gasteiger partial charge in [-0.1, -0.05) is 48.5 Å². The minimum Gasteiger partial charge on any atom is -0.344 e. The molecule has 1 atom stereocenters. The van der Waals surface area contributed by atoms with E-state index < -0.39 is 0 Å². The van der Waals surface area contributed by atoms with E-state index >= 15 is 0 Å². The van der Waals surface area contributed by atoms with Gasteiger partial charge >= 0.3 is 0 Å². The molecule has 33 heavy (non-hydrogen) atoms. The fraction of sp³-hybridized carbons (Fsp3) is 0.179. The number of allylic oxidation sites excluding steroid dienone is 2. The van der Waals surface area contributed by atoms with Crippen LogP contribution >= 0.6 is 0 Å². The Labute approximate surface area is 194 Å². The molecule has 0 spiro atoms. The summed E-state index contributed by atoms with van der Waals surface area (Å²) in [4.78, 5) is 14.5. The lowest BCUT2D eigenvalue weighted by atomic mass is 9.76. The molecule has 1 unspecified atom stereocenters. The Balaban J connectivity index is 1.69. The number of nitrogens with zero attached hydrogens (tertiary/aromatic N) is 3. The maximum Gasteiger partial charge on any atom is 0.271 e. The zero-order chi connectivity index (χ0) is 23.3. The first-order chi connectivity index (χ1) is 16.1. The van der Waals surface area contributed by atoms with Gasteiger partial charge in [-0.05, 0) is 67.8 Å². The smallest absolute Gasteiger partial charge is 0.271 e. The summed E-state index contributed by atoms with van der Waals surface area (Å²) >= 11 is 0. The normalized spacial score (nSPS) is 18.3. The van der Waals surface area contributed by atoms with E-state index in [0.717, 1.165) is 29.9 Å². The first kappa shape index (κ1) is 22.0. The highest BCUT2D eigenvalue weighted by molar-refractivity contribution is 5.94. The Bertz CT molecular complexity index is 1240. The predicted octanol–water partition coefficient (Wildman–Crippen LogP) is 5.20. The average Bonchev–Trinajstić information content (AvgIpc) is 3.09. The topological polar surface area (TPSA) is 68.5 Å². The van der Waals surface area contributed by atoms with Crippen molar-refractivity contribution < 1.29 is 4.79 Å². The summed E-state index contributed by atoms with van der Waals surface area (Å²) in [5.41, 5.74) is 7.97. The van der Waals surface area contributed by atoms with Crippen LogP contribution in [-0.2, 0) is 11.8 Å². The first-order valence-corrected chi connectivity index (χ1v) is 11.0. The molecule has 0 bridgehead atoms. The number of carbonyl (C=O) groups is 1. The minimum atomic E-state index is -0.352. The molecule has 5 heteroatoms. The van der Waals surface area contributed by atoms with Gasteiger partial charge < -0.3 is 4.90 Å². The Morgan fingerprint density at radius 3 is 2.45 bits per heavy atom. The fourth-order valence-corrected chi connectivity index (χ4v) is 4.51. The van der Waals surface area contributed by atoms with Gasteiger partial charge in [0.2, 0.25) is 0 Å². The summed E-state index contributed by atoms with van der Waals surface area (Å²) in [6, 6.07) is 27.5. The summed E-state index contributed by atoms with van der Waals surface area (Å²) in [5, 5.41) is 13.7. The number of rotatable bonds is 6. The van der Waals surface area contributed by atoms with Crippen molar-refractivity contribution >= 4 is 17.8 Å². The van der Waals surface area contributed by atoms with Gasteiger partial charge in [0.15, 0.2) is 0 Å². The molecule has 1 N–H and O–H groups in total. The molecule has 4 rings (SSSR count). The highest BCUT2D eigenvalue weighted by Crippen LogP contribution is 2.49. The van der Waals surface area contributed by atoms with Gasteiger partial charge in [0.05, 0.1) is 11.6 Å². The van der Waals surface area contributed by atoms with E-state index in [0.29, 0.717) is 11.1 Å². The van der Waals surface area contributed by atoms with Crippen LogP contribution in [0, 0.1) is 11.3 Å². The van der Waals surface area contributed by atoms with E-state index in [-0.39, 0.29) is 11.3 Å². The van der Waals surface area contributed by atoms with Gasteiger partial charge in [-0.15, -0.1) is 0 Å². The van der Waals surface area contributed by atoms with E-state index in [2.05, 4.69) is 47.5 Å². The lowest BCUT2D eigenvalue weighted by Crippen LogP contribution is -2.31. The molecular weight excluding hydrogens is 408 g/mol. The molecule has 1 amide bonds. The van der Waals surface area contributed by atoms with Crippen molar-refractivity contribution in [2.24, 2.45) is 5.10 Å². The van der Waals surface area contributed by atoms with Crippen molar-refractivity contribution in [3.8, 4) is 6.07 Å². The number of carbonyl (C=O) groups excluding carboxylic acids is 1. The predicted molar refractivity (Wildman–Crippen MR) is 132 cm³/mol. The van der Waals surface area contributed by atoms with Crippen molar-refractivity contribution in [1.29, 1.82) is 5.26 Å². The van der Waals surface area contributed by atoms with E-state index in [4.69, 9.17) is 0 Å². The van der Waals surface area contributed by atoms with Gasteiger partial charge in [0.25, 0.3) is 5.91 Å². The third kappa shape index (κ3) is 4.42. The number of benzene rings is 3. The lowest BCUT2D eigenvalue weighted by Gasteiger charge is -2.30. The molecule has 0 saturated heterocycles. The van der Waals surface area contributed by atoms with Crippen LogP contribution in [-0.4, -0.2) is 18.7 Å². The maximum atomic E-state index is 12.3. The van der Waals surface area contributed by atoms with Crippen LogP contribution in [0.25, 0.3) is 0 Å². The number of nitrogens with one attached hydrogen (secondary N) is 1. The first-order valence-electron chi connectivity index (χ1n) is 11.0. The number of fused-ring (bicyclic) bond motifs is 1. The summed E-state index contributed by atoms with van der Waals surface area (Å²) in [7, 11) is 0. The summed E-state index contributed by atoms with van der Waals surface area (Å²) < 4.78 is 0. The highest BCUT2D eigenvalue weighted by atomic mass is 16.2. The fourth-order valence-electron chi connectivity index (χ4n) is 4.51. The van der Waals surface area contributed by atoms with Crippen LogP contribution in [0.3, 0.4) is 0 Å². The lowest BCUT2D eigenvalue weighted by molar-refractivity contribution is 0.0955. The van der Waals surface area contributed by atoms with Crippen molar-refractivity contribution in [2.45, 2.75) is 25.7 Å². The SMILES string of the molecule is CCN1/C(=C\C=N\NC(=O)c2ccccc2)C(C)(Cc2ccccc2)c2cc(C#N)ccc21. The largest absolute Gasteiger partial charge is 0.344 e. The van der Waals surface area contributed by atoms with E-state index in [1.54, 1.807) is 18.3 Å². The molecule has 0 saturated carbocycles. The third-order valence-corrected chi connectivity index (χ3v) is 6.09. The van der Waals surface area contributed by atoms with Gasteiger partial charge in [-0.25, -0.2) is 5.43 Å². The second kappa shape index (κ2) is 9.54. The van der Waals surface area contributed by atoms with Crippen LogP contribution < -0.4 is 10.3 Å². The van der Waals surface area contributed by atoms with Crippen LogP contribution in [0.15, 0.2) is 95.7 Å². The Kier molecular flexibility index (Phi) is 6.37. The van der Waals surface area contributed by atoms with Crippen LogP contribution in [0.5, 0.6) is 0 Å². The van der Waals surface area contributed by atoms with Crippen molar-refractivity contribution in [3.63, 3.8) is 0 Å². The minimum absolute atomic E-state index is 0.252. The van der Waals surface area contributed by atoms with Crippen LogP contribution in [0.2, 0.25) is 0 Å². The second-order valence-corrected chi connectivity index (χ2v) is 8.22. The quantitative estimate of drug-likeness (QED) is 0.428. The number of hydrogen-bond donors (Lipinski definition) is 1. The number of hydrogen-bond acceptors (Lipinski definition) is 4. The number of hydrazone groups is 1. The second-order valence-electron chi connectivity index (χ2n) is 8.22. The Hall–Kier alpha value is -4.17. The molecule has 1 aliphatic rings. The molecule has 0 aliphatic carbocycles. The Morgan fingerprint density at radius 1 is 1.09 bits per heavy atom. The molecular formula is C28H26N4O. The van der Waals surface area contributed by atoms with Gasteiger partial charge in [0.1, 0.15) is 0 Å². The molecule has 3 aromatic carbocycles. The van der Waals surface area contributed by atoms with Crippen LogP contribution in [0.4, 0.5) is 5.69 Å². The molecule has 5 nitrogen and oxygen atoms in total. The summed E-state index contributed by atoms with van der Waals surface area (Å²) in [5.74, 6) is -0.252. The molecule has 0 fully saturated rings. The van der Waals surface area contributed by atoms with Crippen LogP contribution in [0.1, 0.15) is 40.9 Å². The number of amides is 1. The van der Waals surface area contributed by atoms with E-state index in [1.807, 2.05) is 60.7 Å². The van der Waals surface area contributed by atoms with Crippen molar-refractivity contribution in [1.82, 2.24) is 5.43 Å². The van der Waals surface area contributed by atoms with E-state index in [9.17, 15) is 10.1 Å². The average molecular weight is 435 g/mol. The monoisotopic (exact) mass is 434 g/mol. The zero-order valence-corrected chi connectivity index (χ0v) is 18.8. The molecule has 3 aromatic rings. The maximum absolute atomic E-state index is 12.3. The standard InChI is InChI=1S/C28H26N4O/c1-3-32-25-15-14-22(20-29)18-24(25)28(2,19-21-10-6-4-7-11-21)26(32)16-17-30-31-27(33)23-12-8-5-9-13-23/h4-18H,3,19H2,1-2H3,(H,31,33)/b26-16-,30-17+. The van der Waals surface area contributed by atoms with Gasteiger partial charge in [0, 0.05) is 35.1 Å². The number of nitriles is 1.